The van der Waals surface area contributed by atoms with E-state index in [1.807, 2.05) is 0 Å². The molecule has 0 saturated carbocycles. The minimum absolute atomic E-state index is 0.211. The van der Waals surface area contributed by atoms with Crippen molar-refractivity contribution >= 4 is 10.4 Å². The van der Waals surface area contributed by atoms with Gasteiger partial charge in [-0.1, -0.05) is 5.16 Å². The van der Waals surface area contributed by atoms with Crippen molar-refractivity contribution in [1.82, 2.24) is 10.1 Å². The van der Waals surface area contributed by atoms with E-state index < -0.39 is 10.4 Å². The van der Waals surface area contributed by atoms with Crippen LogP contribution in [-0.4, -0.2) is 29.7 Å². The maximum atomic E-state index is 10.2. The molecule has 0 unspecified atom stereocenters. The second-order valence-electron chi connectivity index (χ2n) is 3.69. The van der Waals surface area contributed by atoms with Crippen LogP contribution in [0.4, 0.5) is 0 Å². The first-order chi connectivity index (χ1) is 8.94. The molecule has 19 heavy (non-hydrogen) atoms. The summed E-state index contributed by atoms with van der Waals surface area (Å²) < 4.78 is 41.4. The van der Waals surface area contributed by atoms with Crippen LogP contribution in [0.5, 0.6) is 0 Å². The summed E-state index contributed by atoms with van der Waals surface area (Å²) in [6, 6.07) is 3.49. The van der Waals surface area contributed by atoms with Crippen molar-refractivity contribution in [3.8, 4) is 11.4 Å². The highest BCUT2D eigenvalue weighted by Crippen LogP contribution is 2.12. The van der Waals surface area contributed by atoms with Crippen LogP contribution >= 0.6 is 0 Å². The third kappa shape index (κ3) is 4.09. The largest absolute Gasteiger partial charge is 0.726 e. The molecular weight excluding hydrogens is 274 g/mol. The van der Waals surface area contributed by atoms with Gasteiger partial charge in [0.1, 0.15) is 6.61 Å². The van der Waals surface area contributed by atoms with Gasteiger partial charge < -0.3 is 9.08 Å². The van der Waals surface area contributed by atoms with Crippen molar-refractivity contribution < 1.29 is 26.2 Å². The summed E-state index contributed by atoms with van der Waals surface area (Å²) in [5.74, 6) is 0.948. The molecule has 2 rings (SSSR count). The highest BCUT2D eigenvalue weighted by Gasteiger charge is 2.08. The summed E-state index contributed by atoms with van der Waals surface area (Å²) in [5, 5.41) is 3.77. The Hall–Kier alpha value is -1.84. The maximum absolute atomic E-state index is 10.2. The number of pyridine rings is 1. The van der Waals surface area contributed by atoms with Crippen LogP contribution in [0.2, 0.25) is 0 Å². The van der Waals surface area contributed by atoms with Gasteiger partial charge in [-0.05, 0) is 0 Å². The van der Waals surface area contributed by atoms with Crippen molar-refractivity contribution in [1.29, 1.82) is 0 Å². The Balaban J connectivity index is 1.99. The molecule has 0 amide bonds. The minimum Gasteiger partial charge on any atom is -0.726 e. The SMILES string of the molecule is Cc1nc(-c2cc[n+](CCOS(=O)(=O)[O-])cc2)no1. The number of aromatic nitrogens is 3. The van der Waals surface area contributed by atoms with Crippen LogP contribution in [0.3, 0.4) is 0 Å². The molecule has 2 aromatic rings. The predicted octanol–water partition coefficient (Wildman–Crippen LogP) is -0.191. The van der Waals surface area contributed by atoms with Crippen LogP contribution < -0.4 is 4.57 Å². The smallest absolute Gasteiger partial charge is 0.223 e. The third-order valence-corrected chi connectivity index (χ3v) is 2.71. The Kier molecular flexibility index (Phi) is 3.88. The molecule has 0 atom stereocenters. The van der Waals surface area contributed by atoms with E-state index in [4.69, 9.17) is 4.52 Å². The number of nitrogens with zero attached hydrogens (tertiary/aromatic N) is 3. The van der Waals surface area contributed by atoms with Gasteiger partial charge in [0.15, 0.2) is 18.9 Å². The van der Waals surface area contributed by atoms with Gasteiger partial charge in [0.2, 0.25) is 22.1 Å². The summed E-state index contributed by atoms with van der Waals surface area (Å²) in [5.41, 5.74) is 0.769. The number of hydrogen-bond donors (Lipinski definition) is 0. The maximum Gasteiger partial charge on any atom is 0.223 e. The van der Waals surface area contributed by atoms with Crippen molar-refractivity contribution in [2.45, 2.75) is 13.5 Å². The van der Waals surface area contributed by atoms with E-state index >= 15 is 0 Å². The molecule has 0 bridgehead atoms. The lowest BCUT2D eigenvalue weighted by Crippen LogP contribution is -2.35. The molecule has 2 heterocycles. The average Bonchev–Trinajstić information content (AvgIpc) is 2.75. The molecule has 0 aliphatic heterocycles. The van der Waals surface area contributed by atoms with Crippen molar-refractivity contribution in [3.05, 3.63) is 30.4 Å². The van der Waals surface area contributed by atoms with Crippen LogP contribution in [-0.2, 0) is 21.1 Å². The molecule has 0 aliphatic carbocycles. The molecule has 0 N–H and O–H groups in total. The summed E-state index contributed by atoms with van der Waals surface area (Å²) in [6.45, 7) is 1.73. The van der Waals surface area contributed by atoms with E-state index in [9.17, 15) is 13.0 Å². The molecule has 102 valence electrons. The molecule has 0 aromatic carbocycles. The molecular formula is C10H11N3O5S. The standard InChI is InChI=1S/C10H11N3O5S/c1-8-11-10(12-18-8)9-2-4-13(5-3-9)6-7-17-19(14,15)16/h2-5H,6-7H2,1H3. The van der Waals surface area contributed by atoms with Crippen LogP contribution in [0.15, 0.2) is 29.0 Å². The molecule has 0 spiro atoms. The Morgan fingerprint density at radius 3 is 2.63 bits per heavy atom. The van der Waals surface area contributed by atoms with Gasteiger partial charge in [0.05, 0.1) is 0 Å². The Morgan fingerprint density at radius 2 is 2.11 bits per heavy atom. The van der Waals surface area contributed by atoms with E-state index in [2.05, 4.69) is 14.3 Å². The Bertz CT molecular complexity index is 650. The fourth-order valence-electron chi connectivity index (χ4n) is 1.42. The zero-order valence-corrected chi connectivity index (χ0v) is 10.8. The summed E-state index contributed by atoms with van der Waals surface area (Å²) in [4.78, 5) is 4.07. The summed E-state index contributed by atoms with van der Waals surface area (Å²) in [6.07, 6.45) is 3.39. The third-order valence-electron chi connectivity index (χ3n) is 2.25. The zero-order chi connectivity index (χ0) is 13.9. The van der Waals surface area contributed by atoms with Gasteiger partial charge in [0.25, 0.3) is 0 Å². The van der Waals surface area contributed by atoms with Gasteiger partial charge in [-0.25, -0.2) is 13.0 Å². The van der Waals surface area contributed by atoms with Gasteiger partial charge >= 0.3 is 0 Å². The monoisotopic (exact) mass is 285 g/mol. The first kappa shape index (κ1) is 13.6. The van der Waals surface area contributed by atoms with Crippen LogP contribution in [0.25, 0.3) is 11.4 Å². The van der Waals surface area contributed by atoms with Gasteiger partial charge in [-0.15, -0.1) is 0 Å². The Labute approximate surface area is 109 Å². The first-order valence-electron chi connectivity index (χ1n) is 5.34. The second kappa shape index (κ2) is 5.43. The molecule has 9 heteroatoms. The lowest BCUT2D eigenvalue weighted by atomic mass is 10.2. The van der Waals surface area contributed by atoms with E-state index in [0.29, 0.717) is 11.7 Å². The van der Waals surface area contributed by atoms with Crippen molar-refractivity contribution in [3.63, 3.8) is 0 Å². The number of hydrogen-bond acceptors (Lipinski definition) is 7. The fraction of sp³-hybridized carbons (Fsp3) is 0.300. The van der Waals surface area contributed by atoms with Gasteiger partial charge in [-0.3, -0.25) is 4.18 Å². The Morgan fingerprint density at radius 1 is 1.42 bits per heavy atom. The minimum atomic E-state index is -4.64. The lowest BCUT2D eigenvalue weighted by molar-refractivity contribution is -0.697. The van der Waals surface area contributed by atoms with Crippen LogP contribution in [0, 0.1) is 6.92 Å². The molecule has 0 fully saturated rings. The molecule has 2 aromatic heterocycles. The average molecular weight is 285 g/mol. The zero-order valence-electron chi connectivity index (χ0n) is 10.0. The summed E-state index contributed by atoms with van der Waals surface area (Å²) >= 11 is 0. The highest BCUT2D eigenvalue weighted by molar-refractivity contribution is 7.80. The topological polar surface area (TPSA) is 109 Å². The fourth-order valence-corrected chi connectivity index (χ4v) is 1.70. The summed E-state index contributed by atoms with van der Waals surface area (Å²) in [7, 11) is -4.64. The van der Waals surface area contributed by atoms with E-state index in [-0.39, 0.29) is 13.2 Å². The highest BCUT2D eigenvalue weighted by atomic mass is 32.3. The van der Waals surface area contributed by atoms with Gasteiger partial charge in [0, 0.05) is 24.6 Å². The molecule has 0 radical (unpaired) electrons. The first-order valence-corrected chi connectivity index (χ1v) is 6.67. The second-order valence-corrected chi connectivity index (χ2v) is 4.74. The molecule has 0 saturated heterocycles. The van der Waals surface area contributed by atoms with E-state index in [1.165, 1.54) is 0 Å². The quantitative estimate of drug-likeness (QED) is 0.425. The molecule has 8 nitrogen and oxygen atoms in total. The molecule has 0 aliphatic rings. The van der Waals surface area contributed by atoms with Crippen molar-refractivity contribution in [2.24, 2.45) is 0 Å². The normalized spacial score (nSPS) is 11.7. The van der Waals surface area contributed by atoms with Crippen LogP contribution in [0.1, 0.15) is 5.89 Å². The van der Waals surface area contributed by atoms with E-state index in [0.717, 1.165) is 5.56 Å². The van der Waals surface area contributed by atoms with Crippen molar-refractivity contribution in [2.75, 3.05) is 6.61 Å². The number of rotatable bonds is 5. The van der Waals surface area contributed by atoms with E-state index in [1.54, 1.807) is 36.0 Å². The van der Waals surface area contributed by atoms with Gasteiger partial charge in [-0.2, -0.15) is 4.98 Å². The predicted molar refractivity (Wildman–Crippen MR) is 60.3 cm³/mol. The lowest BCUT2D eigenvalue weighted by Gasteiger charge is -2.05. The number of aryl methyl sites for hydroxylation is 1.